The third kappa shape index (κ3) is 3.34. The molecule has 1 heterocycles. The molecule has 0 spiro atoms. The molecule has 4 atom stereocenters. The predicted octanol–water partition coefficient (Wildman–Crippen LogP) is 2.61. The number of rotatable bonds is 4. The number of benzene rings is 1. The third-order valence-corrected chi connectivity index (χ3v) is 5.43. The van der Waals surface area contributed by atoms with Gasteiger partial charge in [0, 0.05) is 18.7 Å². The van der Waals surface area contributed by atoms with Gasteiger partial charge in [0.2, 0.25) is 5.91 Å². The number of likely N-dealkylation sites (N-methyl/N-ethyl adjacent to an activating group) is 1. The normalized spacial score (nSPS) is 26.2. The van der Waals surface area contributed by atoms with Gasteiger partial charge in [0.15, 0.2) is 0 Å². The van der Waals surface area contributed by atoms with Crippen LogP contribution < -0.4 is 10.9 Å². The van der Waals surface area contributed by atoms with Gasteiger partial charge >= 0.3 is 0 Å². The van der Waals surface area contributed by atoms with E-state index in [1.807, 2.05) is 6.92 Å². The number of alkyl halides is 1. The largest absolute Gasteiger partial charge is 0.337 e. The van der Waals surface area contributed by atoms with Gasteiger partial charge in [0.25, 0.3) is 0 Å². The van der Waals surface area contributed by atoms with Gasteiger partial charge in [-0.3, -0.25) is 10.2 Å². The molecule has 1 aromatic carbocycles. The molecule has 22 heavy (non-hydrogen) atoms. The summed E-state index contributed by atoms with van der Waals surface area (Å²) < 4.78 is 13.9. The summed E-state index contributed by atoms with van der Waals surface area (Å²) >= 11 is 3.61. The van der Waals surface area contributed by atoms with Crippen molar-refractivity contribution in [1.29, 1.82) is 0 Å². The first-order valence-corrected chi connectivity index (χ1v) is 8.42. The molecule has 1 amide bonds. The van der Waals surface area contributed by atoms with Crippen molar-refractivity contribution in [2.24, 2.45) is 5.92 Å². The molecule has 1 aliphatic heterocycles. The average molecular weight is 372 g/mol. The maximum absolute atomic E-state index is 13.9. The number of carbonyl (C=O) groups is 1. The number of hydrogen-bond acceptors (Lipinski definition) is 3. The molecular weight excluding hydrogens is 349 g/mol. The van der Waals surface area contributed by atoms with Gasteiger partial charge in [-0.25, -0.2) is 9.82 Å². The van der Waals surface area contributed by atoms with E-state index in [0.717, 1.165) is 0 Å². The molecule has 1 saturated heterocycles. The molecular formula is C16H23BrFN3O. The Morgan fingerprint density at radius 3 is 2.45 bits per heavy atom. The van der Waals surface area contributed by atoms with Crippen molar-refractivity contribution in [3.63, 3.8) is 0 Å². The highest BCUT2D eigenvalue weighted by molar-refractivity contribution is 9.09. The Kier molecular flexibility index (Phi) is 5.58. The lowest BCUT2D eigenvalue weighted by atomic mass is 9.98. The minimum atomic E-state index is -0.369. The molecule has 4 nitrogen and oxygen atoms in total. The second-order valence-electron chi connectivity index (χ2n) is 6.13. The number of hydrazine groups is 1. The standard InChI is InChI=1S/C16H23BrFN3O/c1-9(2)14-13(17)15(20-19-14)16(22)21(4)10(3)11-7-5-6-8-12(11)18/h5-10,13-15,19-20H,1-4H3. The summed E-state index contributed by atoms with van der Waals surface area (Å²) in [5.41, 5.74) is 6.74. The number of hydrogen-bond donors (Lipinski definition) is 2. The molecule has 0 aromatic heterocycles. The van der Waals surface area contributed by atoms with Crippen LogP contribution in [0.25, 0.3) is 0 Å². The number of amides is 1. The van der Waals surface area contributed by atoms with E-state index in [-0.39, 0.29) is 34.7 Å². The molecule has 0 bridgehead atoms. The highest BCUT2D eigenvalue weighted by Crippen LogP contribution is 2.26. The highest BCUT2D eigenvalue weighted by atomic mass is 79.9. The van der Waals surface area contributed by atoms with E-state index < -0.39 is 0 Å². The van der Waals surface area contributed by atoms with E-state index >= 15 is 0 Å². The minimum absolute atomic E-state index is 0.00438. The van der Waals surface area contributed by atoms with E-state index in [9.17, 15) is 9.18 Å². The second-order valence-corrected chi connectivity index (χ2v) is 7.18. The van der Waals surface area contributed by atoms with E-state index in [2.05, 4.69) is 40.6 Å². The van der Waals surface area contributed by atoms with Crippen molar-refractivity contribution in [2.75, 3.05) is 7.05 Å². The molecule has 6 heteroatoms. The van der Waals surface area contributed by atoms with Crippen LogP contribution in [0.4, 0.5) is 4.39 Å². The third-order valence-electron chi connectivity index (χ3n) is 4.34. The Morgan fingerprint density at radius 1 is 1.27 bits per heavy atom. The van der Waals surface area contributed by atoms with Crippen molar-refractivity contribution in [3.8, 4) is 0 Å². The van der Waals surface area contributed by atoms with E-state index in [4.69, 9.17) is 0 Å². The molecule has 0 aliphatic carbocycles. The first-order valence-electron chi connectivity index (χ1n) is 7.50. The van der Waals surface area contributed by atoms with Gasteiger partial charge in [0.05, 0.1) is 10.9 Å². The molecule has 1 aromatic rings. The summed E-state index contributed by atoms with van der Waals surface area (Å²) in [4.78, 5) is 14.3. The van der Waals surface area contributed by atoms with Gasteiger partial charge in [0.1, 0.15) is 11.9 Å². The summed E-state index contributed by atoms with van der Waals surface area (Å²) in [7, 11) is 1.71. The lowest BCUT2D eigenvalue weighted by Crippen LogP contribution is -2.47. The zero-order valence-corrected chi connectivity index (χ0v) is 14.9. The lowest BCUT2D eigenvalue weighted by Gasteiger charge is -2.29. The van der Waals surface area contributed by atoms with Crippen LogP contribution in [0.15, 0.2) is 24.3 Å². The van der Waals surface area contributed by atoms with Gasteiger partial charge in [-0.05, 0) is 18.9 Å². The van der Waals surface area contributed by atoms with Crippen molar-refractivity contribution in [2.45, 2.75) is 43.7 Å². The second kappa shape index (κ2) is 7.06. The summed E-state index contributed by atoms with van der Waals surface area (Å²) in [6.45, 7) is 6.04. The monoisotopic (exact) mass is 371 g/mol. The molecule has 1 fully saturated rings. The Morgan fingerprint density at radius 2 is 1.91 bits per heavy atom. The maximum Gasteiger partial charge on any atom is 0.242 e. The van der Waals surface area contributed by atoms with Crippen LogP contribution in [0.3, 0.4) is 0 Å². The Labute approximate surface area is 139 Å². The predicted molar refractivity (Wildman–Crippen MR) is 89.0 cm³/mol. The Balaban J connectivity index is 2.11. The molecule has 1 aliphatic rings. The van der Waals surface area contributed by atoms with Gasteiger partial charge in [-0.2, -0.15) is 0 Å². The van der Waals surface area contributed by atoms with Crippen LogP contribution in [0, 0.1) is 11.7 Å². The number of halogens is 2. The molecule has 2 rings (SSSR count). The van der Waals surface area contributed by atoms with E-state index in [1.165, 1.54) is 6.07 Å². The lowest BCUT2D eigenvalue weighted by molar-refractivity contribution is -0.133. The fourth-order valence-corrected chi connectivity index (χ4v) is 3.82. The summed E-state index contributed by atoms with van der Waals surface area (Å²) in [5, 5.41) is 0. The van der Waals surface area contributed by atoms with Crippen LogP contribution in [0.2, 0.25) is 0 Å². The molecule has 2 N–H and O–H groups in total. The first kappa shape index (κ1) is 17.4. The first-order chi connectivity index (χ1) is 10.3. The fourth-order valence-electron chi connectivity index (χ4n) is 2.72. The van der Waals surface area contributed by atoms with Crippen LogP contribution in [0.5, 0.6) is 0 Å². The van der Waals surface area contributed by atoms with Crippen molar-refractivity contribution < 1.29 is 9.18 Å². The average Bonchev–Trinajstić information content (AvgIpc) is 2.87. The fraction of sp³-hybridized carbons (Fsp3) is 0.562. The molecule has 122 valence electrons. The highest BCUT2D eigenvalue weighted by Gasteiger charge is 2.41. The number of nitrogens with one attached hydrogen (secondary N) is 2. The van der Waals surface area contributed by atoms with Crippen molar-refractivity contribution in [3.05, 3.63) is 35.6 Å². The number of carbonyl (C=O) groups excluding carboxylic acids is 1. The van der Waals surface area contributed by atoms with Crippen molar-refractivity contribution >= 4 is 21.8 Å². The van der Waals surface area contributed by atoms with Gasteiger partial charge in [-0.1, -0.05) is 48.0 Å². The summed E-state index contributed by atoms with van der Waals surface area (Å²) in [5.74, 6) is 0.0415. The van der Waals surface area contributed by atoms with E-state index in [0.29, 0.717) is 11.5 Å². The van der Waals surface area contributed by atoms with Gasteiger partial charge in [-0.15, -0.1) is 0 Å². The minimum Gasteiger partial charge on any atom is -0.337 e. The zero-order valence-electron chi connectivity index (χ0n) is 13.3. The molecule has 0 saturated carbocycles. The quantitative estimate of drug-likeness (QED) is 0.799. The van der Waals surface area contributed by atoms with Crippen molar-refractivity contribution in [1.82, 2.24) is 15.8 Å². The van der Waals surface area contributed by atoms with Gasteiger partial charge < -0.3 is 4.90 Å². The zero-order chi connectivity index (χ0) is 16.4. The number of nitrogens with zero attached hydrogens (tertiary/aromatic N) is 1. The smallest absolute Gasteiger partial charge is 0.242 e. The van der Waals surface area contributed by atoms with Crippen LogP contribution in [-0.2, 0) is 4.79 Å². The Bertz CT molecular complexity index is 540. The van der Waals surface area contributed by atoms with Crippen LogP contribution in [0.1, 0.15) is 32.4 Å². The molecule has 0 radical (unpaired) electrons. The maximum atomic E-state index is 13.9. The summed E-state index contributed by atoms with van der Waals surface area (Å²) in [6.07, 6.45) is 0. The molecule has 4 unspecified atom stereocenters. The van der Waals surface area contributed by atoms with Crippen LogP contribution in [-0.4, -0.2) is 34.8 Å². The van der Waals surface area contributed by atoms with E-state index in [1.54, 1.807) is 30.1 Å². The summed E-state index contributed by atoms with van der Waals surface area (Å²) in [6, 6.07) is 6.04. The topological polar surface area (TPSA) is 44.4 Å². The van der Waals surface area contributed by atoms with Crippen LogP contribution >= 0.6 is 15.9 Å². The Hall–Kier alpha value is -0.980. The SMILES string of the molecule is CC(C)C1NNC(C(=O)N(C)C(C)c2ccccc2F)C1Br.